The molecule has 20 heavy (non-hydrogen) atoms. The van der Waals surface area contributed by atoms with Crippen molar-refractivity contribution in [1.82, 2.24) is 19.9 Å². The number of hydrogen-bond acceptors (Lipinski definition) is 3. The second-order valence-corrected chi connectivity index (χ2v) is 5.60. The molecule has 2 fully saturated rings. The second kappa shape index (κ2) is 4.44. The number of hydrogen-bond donors (Lipinski definition) is 1. The molecule has 2 aliphatic rings. The van der Waals surface area contributed by atoms with Gasteiger partial charge in [0.05, 0.1) is 11.9 Å². The molecule has 1 aliphatic carbocycles. The summed E-state index contributed by atoms with van der Waals surface area (Å²) in [6.45, 7) is 0.809. The standard InChI is InChI=1S/C15H16N4O/c20-14-6-11(9-19(14)12-3-4-12)15-17-8-13(18-15)10-2-1-5-16-7-10/h1-2,5,7-8,11-12H,3-4,6,9H2,(H,17,18)/t11-/m1/s1. The number of rotatable bonds is 3. The minimum absolute atomic E-state index is 0.202. The van der Waals surface area contributed by atoms with E-state index < -0.39 is 0 Å². The van der Waals surface area contributed by atoms with Crippen LogP contribution in [-0.2, 0) is 4.79 Å². The number of imidazole rings is 1. The molecule has 2 aromatic heterocycles. The Morgan fingerprint density at radius 1 is 1.30 bits per heavy atom. The first kappa shape index (κ1) is 11.6. The molecule has 3 heterocycles. The summed E-state index contributed by atoms with van der Waals surface area (Å²) < 4.78 is 0. The van der Waals surface area contributed by atoms with Crippen molar-refractivity contribution in [3.8, 4) is 11.3 Å². The van der Waals surface area contributed by atoms with Crippen molar-refractivity contribution in [3.63, 3.8) is 0 Å². The fourth-order valence-electron chi connectivity index (χ4n) is 2.87. The molecule has 5 heteroatoms. The molecule has 1 saturated heterocycles. The molecule has 0 bridgehead atoms. The van der Waals surface area contributed by atoms with Gasteiger partial charge in [-0.1, -0.05) is 0 Å². The van der Waals surface area contributed by atoms with E-state index in [0.29, 0.717) is 12.5 Å². The summed E-state index contributed by atoms with van der Waals surface area (Å²) in [5, 5.41) is 0. The monoisotopic (exact) mass is 268 g/mol. The van der Waals surface area contributed by atoms with Crippen LogP contribution in [-0.4, -0.2) is 38.3 Å². The highest BCUT2D eigenvalue weighted by molar-refractivity contribution is 5.80. The van der Waals surface area contributed by atoms with Crippen molar-refractivity contribution < 1.29 is 4.79 Å². The zero-order chi connectivity index (χ0) is 13.5. The minimum atomic E-state index is 0.202. The Hall–Kier alpha value is -2.17. The Balaban J connectivity index is 1.55. The van der Waals surface area contributed by atoms with E-state index in [4.69, 9.17) is 0 Å². The molecule has 5 nitrogen and oxygen atoms in total. The van der Waals surface area contributed by atoms with E-state index in [1.54, 1.807) is 6.20 Å². The molecule has 1 atom stereocenters. The molecule has 0 aromatic carbocycles. The largest absolute Gasteiger partial charge is 0.342 e. The van der Waals surface area contributed by atoms with Gasteiger partial charge in [0.25, 0.3) is 0 Å². The van der Waals surface area contributed by atoms with Gasteiger partial charge >= 0.3 is 0 Å². The van der Waals surface area contributed by atoms with Crippen LogP contribution < -0.4 is 0 Å². The van der Waals surface area contributed by atoms with Gasteiger partial charge in [0, 0.05) is 42.9 Å². The molecular formula is C15H16N4O. The number of carbonyl (C=O) groups is 1. The van der Waals surface area contributed by atoms with Crippen molar-refractivity contribution in [2.75, 3.05) is 6.54 Å². The van der Waals surface area contributed by atoms with Crippen LogP contribution in [0.2, 0.25) is 0 Å². The molecule has 4 rings (SSSR count). The highest BCUT2D eigenvalue weighted by Crippen LogP contribution is 2.36. The average molecular weight is 268 g/mol. The predicted octanol–water partition coefficient (Wildman–Crippen LogP) is 1.95. The molecule has 1 amide bonds. The summed E-state index contributed by atoms with van der Waals surface area (Å²) in [5.74, 6) is 1.39. The normalized spacial score (nSPS) is 22.5. The lowest BCUT2D eigenvalue weighted by atomic mass is 10.1. The van der Waals surface area contributed by atoms with Gasteiger partial charge in [-0.3, -0.25) is 9.78 Å². The van der Waals surface area contributed by atoms with E-state index in [9.17, 15) is 4.79 Å². The number of carbonyl (C=O) groups excluding carboxylic acids is 1. The minimum Gasteiger partial charge on any atom is -0.342 e. The van der Waals surface area contributed by atoms with Gasteiger partial charge < -0.3 is 9.88 Å². The van der Waals surface area contributed by atoms with Gasteiger partial charge in [0.15, 0.2) is 0 Å². The third-order valence-corrected chi connectivity index (χ3v) is 4.10. The number of aromatic amines is 1. The summed E-state index contributed by atoms with van der Waals surface area (Å²) in [4.78, 5) is 25.9. The van der Waals surface area contributed by atoms with Crippen molar-refractivity contribution in [1.29, 1.82) is 0 Å². The van der Waals surface area contributed by atoms with E-state index in [1.807, 2.05) is 29.4 Å². The Labute approximate surface area is 117 Å². The summed E-state index contributed by atoms with van der Waals surface area (Å²) in [7, 11) is 0. The van der Waals surface area contributed by atoms with Crippen LogP contribution >= 0.6 is 0 Å². The molecule has 1 aliphatic heterocycles. The third kappa shape index (κ3) is 1.99. The molecule has 0 radical (unpaired) electrons. The predicted molar refractivity (Wildman–Crippen MR) is 73.9 cm³/mol. The summed E-state index contributed by atoms with van der Waals surface area (Å²) in [6.07, 6.45) is 8.31. The molecule has 1 saturated carbocycles. The highest BCUT2D eigenvalue weighted by atomic mass is 16.2. The third-order valence-electron chi connectivity index (χ3n) is 4.10. The van der Waals surface area contributed by atoms with Gasteiger partial charge in [0.2, 0.25) is 5.91 Å². The Kier molecular flexibility index (Phi) is 2.58. The van der Waals surface area contributed by atoms with Crippen LogP contribution in [0.1, 0.15) is 31.0 Å². The lowest BCUT2D eigenvalue weighted by molar-refractivity contribution is -0.128. The quantitative estimate of drug-likeness (QED) is 0.925. The summed E-state index contributed by atoms with van der Waals surface area (Å²) in [5.41, 5.74) is 1.99. The van der Waals surface area contributed by atoms with E-state index in [-0.39, 0.29) is 11.8 Å². The Morgan fingerprint density at radius 3 is 2.95 bits per heavy atom. The van der Waals surface area contributed by atoms with Crippen LogP contribution in [0.25, 0.3) is 11.3 Å². The number of likely N-dealkylation sites (tertiary alicyclic amines) is 1. The van der Waals surface area contributed by atoms with E-state index in [1.165, 1.54) is 0 Å². The first-order chi connectivity index (χ1) is 9.81. The summed E-state index contributed by atoms with van der Waals surface area (Å²) >= 11 is 0. The number of amides is 1. The topological polar surface area (TPSA) is 61.9 Å². The first-order valence-electron chi connectivity index (χ1n) is 7.06. The number of pyridine rings is 1. The summed E-state index contributed by atoms with van der Waals surface area (Å²) in [6, 6.07) is 4.41. The van der Waals surface area contributed by atoms with Crippen LogP contribution in [0.5, 0.6) is 0 Å². The lowest BCUT2D eigenvalue weighted by Gasteiger charge is -2.14. The van der Waals surface area contributed by atoms with Crippen LogP contribution in [0.3, 0.4) is 0 Å². The van der Waals surface area contributed by atoms with Crippen molar-refractivity contribution in [2.24, 2.45) is 0 Å². The first-order valence-corrected chi connectivity index (χ1v) is 7.06. The lowest BCUT2D eigenvalue weighted by Crippen LogP contribution is -2.27. The Morgan fingerprint density at radius 2 is 2.20 bits per heavy atom. The zero-order valence-electron chi connectivity index (χ0n) is 11.1. The van der Waals surface area contributed by atoms with Crippen molar-refractivity contribution >= 4 is 5.91 Å². The maximum Gasteiger partial charge on any atom is 0.223 e. The van der Waals surface area contributed by atoms with Gasteiger partial charge in [-0.05, 0) is 25.0 Å². The molecule has 102 valence electrons. The second-order valence-electron chi connectivity index (χ2n) is 5.60. The number of nitrogens with one attached hydrogen (secondary N) is 1. The van der Waals surface area contributed by atoms with Gasteiger partial charge in [-0.2, -0.15) is 0 Å². The number of nitrogens with zero attached hydrogens (tertiary/aromatic N) is 3. The smallest absolute Gasteiger partial charge is 0.223 e. The maximum atomic E-state index is 12.0. The zero-order valence-corrected chi connectivity index (χ0v) is 11.1. The SMILES string of the molecule is O=C1C[C@@H](c2ncc(-c3cccnc3)[nH]2)CN1C1CC1. The fraction of sp³-hybridized carbons (Fsp3) is 0.400. The molecular weight excluding hydrogens is 252 g/mol. The van der Waals surface area contributed by atoms with Crippen LogP contribution in [0, 0.1) is 0 Å². The van der Waals surface area contributed by atoms with Crippen molar-refractivity contribution in [2.45, 2.75) is 31.2 Å². The molecule has 0 unspecified atom stereocenters. The van der Waals surface area contributed by atoms with Gasteiger partial charge in [-0.25, -0.2) is 4.98 Å². The van der Waals surface area contributed by atoms with Crippen LogP contribution in [0.15, 0.2) is 30.7 Å². The van der Waals surface area contributed by atoms with Gasteiger partial charge in [-0.15, -0.1) is 0 Å². The number of aromatic nitrogens is 3. The molecule has 1 N–H and O–H groups in total. The van der Waals surface area contributed by atoms with E-state index >= 15 is 0 Å². The number of H-pyrrole nitrogens is 1. The highest BCUT2D eigenvalue weighted by Gasteiger charge is 2.40. The van der Waals surface area contributed by atoms with E-state index in [2.05, 4.69) is 15.0 Å². The molecule has 0 spiro atoms. The van der Waals surface area contributed by atoms with Gasteiger partial charge in [0.1, 0.15) is 5.82 Å². The Bertz CT molecular complexity index is 632. The molecule has 2 aromatic rings. The van der Waals surface area contributed by atoms with Crippen molar-refractivity contribution in [3.05, 3.63) is 36.5 Å². The maximum absolute atomic E-state index is 12.0. The average Bonchev–Trinajstić information content (AvgIpc) is 3.06. The van der Waals surface area contributed by atoms with E-state index in [0.717, 1.165) is 36.5 Å². The fourth-order valence-corrected chi connectivity index (χ4v) is 2.87. The van der Waals surface area contributed by atoms with Crippen LogP contribution in [0.4, 0.5) is 0 Å².